The van der Waals surface area contributed by atoms with Crippen LogP contribution >= 0.6 is 0 Å². The maximum atomic E-state index is 13.3. The molecule has 33 heavy (non-hydrogen) atoms. The molecule has 1 aromatic carbocycles. The number of hydrogen-bond donors (Lipinski definition) is 1. The van der Waals surface area contributed by atoms with Gasteiger partial charge in [-0.3, -0.25) is 4.98 Å². The van der Waals surface area contributed by atoms with E-state index in [1.165, 1.54) is 5.57 Å². The number of aromatic nitrogens is 1. The van der Waals surface area contributed by atoms with Crippen LogP contribution < -0.4 is 10.1 Å². The summed E-state index contributed by atoms with van der Waals surface area (Å²) < 4.78 is 32.6. The van der Waals surface area contributed by atoms with Gasteiger partial charge in [0.25, 0.3) is 0 Å². The molecule has 1 N–H and O–H groups in total. The molecule has 1 saturated carbocycles. The van der Waals surface area contributed by atoms with Crippen molar-refractivity contribution in [2.45, 2.75) is 45.0 Å². The summed E-state index contributed by atoms with van der Waals surface area (Å²) in [6.07, 6.45) is 7.24. The van der Waals surface area contributed by atoms with Crippen molar-refractivity contribution >= 4 is 17.8 Å². The zero-order valence-electron chi connectivity index (χ0n) is 19.0. The monoisotopic (exact) mass is 455 g/mol. The number of likely N-dealkylation sites (tertiary alicyclic amines) is 1. The number of benzene rings is 1. The fraction of sp³-hybridized carbons (Fsp3) is 0.462. The number of rotatable bonds is 5. The molecule has 1 aliphatic heterocycles. The van der Waals surface area contributed by atoms with Gasteiger partial charge in [0.1, 0.15) is 5.75 Å². The summed E-state index contributed by atoms with van der Waals surface area (Å²) in [7, 11) is 0. The van der Waals surface area contributed by atoms with Crippen molar-refractivity contribution in [1.82, 2.24) is 9.88 Å². The summed E-state index contributed by atoms with van der Waals surface area (Å²) in [6, 6.07) is 11.4. The van der Waals surface area contributed by atoms with Crippen molar-refractivity contribution in [3.63, 3.8) is 0 Å². The molecule has 5 nitrogen and oxygen atoms in total. The van der Waals surface area contributed by atoms with Gasteiger partial charge >= 0.3 is 6.03 Å². The molecule has 1 atom stereocenters. The number of anilines is 1. The van der Waals surface area contributed by atoms with E-state index in [1.54, 1.807) is 18.5 Å². The minimum atomic E-state index is -2.51. The Bertz CT molecular complexity index is 971. The second-order valence-electron chi connectivity index (χ2n) is 9.17. The lowest BCUT2D eigenvalue weighted by molar-refractivity contribution is -0.0498. The number of pyridine rings is 1. The smallest absolute Gasteiger partial charge is 0.321 e. The number of amides is 2. The van der Waals surface area contributed by atoms with E-state index in [0.717, 1.165) is 17.7 Å². The number of piperidine rings is 1. The molecule has 1 saturated heterocycles. The van der Waals surface area contributed by atoms with Crippen LogP contribution in [0.2, 0.25) is 0 Å². The minimum absolute atomic E-state index is 0.0394. The van der Waals surface area contributed by atoms with E-state index in [9.17, 15) is 13.6 Å². The van der Waals surface area contributed by atoms with Crippen LogP contribution in [0.4, 0.5) is 19.3 Å². The fourth-order valence-electron chi connectivity index (χ4n) is 4.48. The molecule has 1 aromatic heterocycles. The molecule has 2 aromatic rings. The third kappa shape index (κ3) is 6.53. The maximum absolute atomic E-state index is 13.3. The molecule has 2 heterocycles. The van der Waals surface area contributed by atoms with E-state index >= 15 is 0 Å². The third-order valence-electron chi connectivity index (χ3n) is 6.53. The number of carbonyl (C=O) groups excluding carboxylic acids is 1. The SMILES string of the molecule is CC1CN(C(=O)Nc2cccnc2)CC/C1=C\c1cccc(OCC2CCC(F)(F)CC2)c1. The first-order valence-corrected chi connectivity index (χ1v) is 11.6. The van der Waals surface area contributed by atoms with Crippen LogP contribution in [-0.4, -0.2) is 41.5 Å². The van der Waals surface area contributed by atoms with Crippen molar-refractivity contribution in [2.24, 2.45) is 11.8 Å². The van der Waals surface area contributed by atoms with Gasteiger partial charge in [-0.15, -0.1) is 0 Å². The molecule has 176 valence electrons. The van der Waals surface area contributed by atoms with E-state index in [-0.39, 0.29) is 30.7 Å². The third-order valence-corrected chi connectivity index (χ3v) is 6.53. The largest absolute Gasteiger partial charge is 0.493 e. The second-order valence-corrected chi connectivity index (χ2v) is 9.17. The number of nitrogens with zero attached hydrogens (tertiary/aromatic N) is 2. The van der Waals surface area contributed by atoms with Crippen molar-refractivity contribution in [3.8, 4) is 5.75 Å². The summed E-state index contributed by atoms with van der Waals surface area (Å²) in [4.78, 5) is 18.4. The minimum Gasteiger partial charge on any atom is -0.493 e. The van der Waals surface area contributed by atoms with Crippen molar-refractivity contribution < 1.29 is 18.3 Å². The summed E-state index contributed by atoms with van der Waals surface area (Å²) in [5.41, 5.74) is 3.04. The Balaban J connectivity index is 1.30. The quantitative estimate of drug-likeness (QED) is 0.580. The predicted molar refractivity (Wildman–Crippen MR) is 125 cm³/mol. The first-order valence-electron chi connectivity index (χ1n) is 11.6. The van der Waals surface area contributed by atoms with Gasteiger partial charge < -0.3 is 15.0 Å². The Morgan fingerprint density at radius 3 is 2.82 bits per heavy atom. The molecule has 4 rings (SSSR count). The topological polar surface area (TPSA) is 54.5 Å². The van der Waals surface area contributed by atoms with Crippen LogP contribution in [0, 0.1) is 11.8 Å². The summed E-state index contributed by atoms with van der Waals surface area (Å²) in [5.74, 6) is -1.31. The van der Waals surface area contributed by atoms with E-state index in [1.807, 2.05) is 35.2 Å². The molecule has 0 bridgehead atoms. The number of ether oxygens (including phenoxy) is 1. The predicted octanol–water partition coefficient (Wildman–Crippen LogP) is 6.24. The van der Waals surface area contributed by atoms with Gasteiger partial charge in [0.2, 0.25) is 5.92 Å². The zero-order chi connectivity index (χ0) is 23.3. The molecule has 1 aliphatic carbocycles. The van der Waals surface area contributed by atoms with E-state index in [4.69, 9.17) is 4.74 Å². The normalized spacial score (nSPS) is 22.2. The Morgan fingerprint density at radius 2 is 2.09 bits per heavy atom. The number of alkyl halides is 2. The fourth-order valence-corrected chi connectivity index (χ4v) is 4.48. The lowest BCUT2D eigenvalue weighted by Gasteiger charge is -2.33. The molecule has 1 unspecified atom stereocenters. The number of nitrogens with one attached hydrogen (secondary N) is 1. The van der Waals surface area contributed by atoms with Crippen LogP contribution in [0.15, 0.2) is 54.4 Å². The van der Waals surface area contributed by atoms with E-state index < -0.39 is 5.92 Å². The van der Waals surface area contributed by atoms with Gasteiger partial charge in [-0.05, 0) is 60.9 Å². The standard InChI is InChI=1S/C26H31F2N3O2/c1-19-17-31(25(32)30-23-5-3-12-29-16-23)13-9-22(19)14-21-4-2-6-24(15-21)33-18-20-7-10-26(27,28)11-8-20/h2-6,12,14-16,19-20H,7-11,13,17-18H2,1H3,(H,30,32)/b22-14+. The highest BCUT2D eigenvalue weighted by Crippen LogP contribution is 2.36. The van der Waals surface area contributed by atoms with Gasteiger partial charge in [-0.1, -0.05) is 30.7 Å². The van der Waals surface area contributed by atoms with Crippen LogP contribution in [0.5, 0.6) is 5.75 Å². The summed E-state index contributed by atoms with van der Waals surface area (Å²) in [5, 5.41) is 2.90. The highest BCUT2D eigenvalue weighted by molar-refractivity contribution is 5.89. The van der Waals surface area contributed by atoms with Crippen LogP contribution in [0.25, 0.3) is 6.08 Å². The van der Waals surface area contributed by atoms with Gasteiger partial charge in [0.15, 0.2) is 0 Å². The van der Waals surface area contributed by atoms with Crippen LogP contribution in [0.1, 0.15) is 44.6 Å². The zero-order valence-corrected chi connectivity index (χ0v) is 19.0. The van der Waals surface area contributed by atoms with Gasteiger partial charge in [0.05, 0.1) is 18.5 Å². The van der Waals surface area contributed by atoms with Crippen molar-refractivity contribution in [3.05, 3.63) is 59.9 Å². The molecule has 2 aliphatic rings. The highest BCUT2D eigenvalue weighted by atomic mass is 19.3. The highest BCUT2D eigenvalue weighted by Gasteiger charge is 2.35. The van der Waals surface area contributed by atoms with Gasteiger partial charge in [-0.2, -0.15) is 0 Å². The Kier molecular flexibility index (Phi) is 7.26. The lowest BCUT2D eigenvalue weighted by atomic mass is 9.87. The van der Waals surface area contributed by atoms with Gasteiger partial charge in [0, 0.05) is 32.1 Å². The van der Waals surface area contributed by atoms with Crippen molar-refractivity contribution in [2.75, 3.05) is 25.0 Å². The molecular weight excluding hydrogens is 424 g/mol. The number of halogens is 2. The number of hydrogen-bond acceptors (Lipinski definition) is 3. The molecule has 2 amide bonds. The maximum Gasteiger partial charge on any atom is 0.321 e. The Labute approximate surface area is 193 Å². The first-order chi connectivity index (χ1) is 15.9. The molecule has 0 radical (unpaired) electrons. The summed E-state index contributed by atoms with van der Waals surface area (Å²) in [6.45, 7) is 3.92. The first kappa shape index (κ1) is 23.2. The molecule has 2 fully saturated rings. The number of carbonyl (C=O) groups is 1. The average Bonchev–Trinajstić information content (AvgIpc) is 2.80. The van der Waals surface area contributed by atoms with Crippen LogP contribution in [-0.2, 0) is 0 Å². The average molecular weight is 456 g/mol. The van der Waals surface area contributed by atoms with E-state index in [0.29, 0.717) is 38.2 Å². The second kappa shape index (κ2) is 10.3. The Hall–Kier alpha value is -2.96. The molecular formula is C26H31F2N3O2. The summed E-state index contributed by atoms with van der Waals surface area (Å²) >= 11 is 0. The van der Waals surface area contributed by atoms with Crippen LogP contribution in [0.3, 0.4) is 0 Å². The molecule has 0 spiro atoms. The lowest BCUT2D eigenvalue weighted by Crippen LogP contribution is -2.42. The number of urea groups is 1. The Morgan fingerprint density at radius 1 is 1.27 bits per heavy atom. The molecule has 7 heteroatoms. The van der Waals surface area contributed by atoms with Crippen molar-refractivity contribution in [1.29, 1.82) is 0 Å². The van der Waals surface area contributed by atoms with Gasteiger partial charge in [-0.25, -0.2) is 13.6 Å². The van der Waals surface area contributed by atoms with E-state index in [2.05, 4.69) is 23.3 Å².